The fourth-order valence-electron chi connectivity index (χ4n) is 2.57. The molecule has 1 rings (SSSR count). The highest BCUT2D eigenvalue weighted by molar-refractivity contribution is 5.81. The molecule has 0 radical (unpaired) electrons. The zero-order valence-corrected chi connectivity index (χ0v) is 13.0. The summed E-state index contributed by atoms with van der Waals surface area (Å²) in [5.74, 6) is -0.130. The van der Waals surface area contributed by atoms with Crippen LogP contribution in [-0.4, -0.2) is 29.9 Å². The highest BCUT2D eigenvalue weighted by Gasteiger charge is 2.26. The molecule has 5 nitrogen and oxygen atoms in total. The summed E-state index contributed by atoms with van der Waals surface area (Å²) in [7, 11) is 0. The molecule has 1 saturated carbocycles. The van der Waals surface area contributed by atoms with Gasteiger partial charge in [-0.25, -0.2) is 0 Å². The molecule has 2 amide bonds. The second-order valence-electron chi connectivity index (χ2n) is 6.75. The van der Waals surface area contributed by atoms with Gasteiger partial charge < -0.3 is 16.4 Å². The Labute approximate surface area is 122 Å². The Balaban J connectivity index is 2.30. The normalized spacial score (nSPS) is 23.8. The minimum atomic E-state index is -0.231. The quantitative estimate of drug-likeness (QED) is 0.680. The second kappa shape index (κ2) is 7.62. The molecule has 116 valence electrons. The molecule has 0 bridgehead atoms. The van der Waals surface area contributed by atoms with Crippen molar-refractivity contribution in [3.63, 3.8) is 0 Å². The van der Waals surface area contributed by atoms with Crippen LogP contribution in [0.3, 0.4) is 0 Å². The number of nitrogens with one attached hydrogen (secondary N) is 2. The molecule has 0 aromatic heterocycles. The van der Waals surface area contributed by atoms with Crippen LogP contribution in [0.2, 0.25) is 0 Å². The third-order valence-corrected chi connectivity index (χ3v) is 3.57. The van der Waals surface area contributed by atoms with Crippen molar-refractivity contribution in [1.82, 2.24) is 10.6 Å². The maximum Gasteiger partial charge on any atom is 0.224 e. The van der Waals surface area contributed by atoms with E-state index in [1.165, 1.54) is 0 Å². The van der Waals surface area contributed by atoms with Crippen molar-refractivity contribution in [3.05, 3.63) is 0 Å². The average Bonchev–Trinajstić information content (AvgIpc) is 2.51. The third-order valence-electron chi connectivity index (χ3n) is 3.57. The summed E-state index contributed by atoms with van der Waals surface area (Å²) in [5.41, 5.74) is 5.82. The van der Waals surface area contributed by atoms with Crippen molar-refractivity contribution in [1.29, 1.82) is 0 Å². The number of hydrogen-bond acceptors (Lipinski definition) is 3. The maximum atomic E-state index is 12.1. The second-order valence-corrected chi connectivity index (χ2v) is 6.75. The lowest BCUT2D eigenvalue weighted by Gasteiger charge is -2.22. The summed E-state index contributed by atoms with van der Waals surface area (Å²) >= 11 is 0. The zero-order valence-electron chi connectivity index (χ0n) is 13.0. The first kappa shape index (κ1) is 17.0. The highest BCUT2D eigenvalue weighted by atomic mass is 16.2. The smallest absolute Gasteiger partial charge is 0.224 e. The molecule has 0 heterocycles. The Hall–Kier alpha value is -1.10. The highest BCUT2D eigenvalue weighted by Crippen LogP contribution is 2.22. The van der Waals surface area contributed by atoms with Crippen molar-refractivity contribution in [2.75, 3.05) is 6.54 Å². The van der Waals surface area contributed by atoms with Crippen molar-refractivity contribution >= 4 is 11.8 Å². The molecule has 0 aromatic rings. The summed E-state index contributed by atoms with van der Waals surface area (Å²) in [6.07, 6.45) is 5.43. The van der Waals surface area contributed by atoms with Crippen molar-refractivity contribution in [2.24, 2.45) is 11.7 Å². The van der Waals surface area contributed by atoms with Crippen LogP contribution in [0.5, 0.6) is 0 Å². The number of carbonyl (C=O) groups is 2. The first-order chi connectivity index (χ1) is 9.29. The van der Waals surface area contributed by atoms with Gasteiger partial charge in [0.2, 0.25) is 11.8 Å². The minimum absolute atomic E-state index is 0.00274. The first-order valence-electron chi connectivity index (χ1n) is 7.64. The van der Waals surface area contributed by atoms with E-state index in [2.05, 4.69) is 10.6 Å². The van der Waals surface area contributed by atoms with E-state index in [1.54, 1.807) is 0 Å². The Kier molecular flexibility index (Phi) is 6.46. The fraction of sp³-hybridized carbons (Fsp3) is 0.867. The lowest BCUT2D eigenvalue weighted by atomic mass is 9.94. The van der Waals surface area contributed by atoms with Crippen LogP contribution in [0.25, 0.3) is 0 Å². The fourth-order valence-corrected chi connectivity index (χ4v) is 2.57. The van der Waals surface area contributed by atoms with Gasteiger partial charge in [0.1, 0.15) is 0 Å². The lowest BCUT2D eigenvalue weighted by molar-refractivity contribution is -0.126. The Morgan fingerprint density at radius 2 is 1.80 bits per heavy atom. The van der Waals surface area contributed by atoms with Crippen molar-refractivity contribution in [2.45, 2.75) is 70.9 Å². The number of carbonyl (C=O) groups excluding carboxylic acids is 2. The predicted octanol–water partition coefficient (Wildman–Crippen LogP) is 1.32. The lowest BCUT2D eigenvalue weighted by Crippen LogP contribution is -2.44. The predicted molar refractivity (Wildman–Crippen MR) is 80.1 cm³/mol. The molecule has 0 aliphatic heterocycles. The van der Waals surface area contributed by atoms with E-state index in [9.17, 15) is 9.59 Å². The summed E-state index contributed by atoms with van der Waals surface area (Å²) < 4.78 is 0. The van der Waals surface area contributed by atoms with Crippen LogP contribution in [0, 0.1) is 5.92 Å². The van der Waals surface area contributed by atoms with Gasteiger partial charge in [-0.2, -0.15) is 0 Å². The monoisotopic (exact) mass is 283 g/mol. The summed E-state index contributed by atoms with van der Waals surface area (Å²) in [6.45, 7) is 6.19. The third kappa shape index (κ3) is 6.37. The van der Waals surface area contributed by atoms with Gasteiger partial charge in [-0.1, -0.05) is 19.3 Å². The molecule has 4 N–H and O–H groups in total. The molecule has 5 heteroatoms. The molecule has 0 aromatic carbocycles. The van der Waals surface area contributed by atoms with Crippen LogP contribution < -0.4 is 16.4 Å². The molecule has 1 fully saturated rings. The number of amides is 2. The molecule has 20 heavy (non-hydrogen) atoms. The van der Waals surface area contributed by atoms with E-state index in [0.717, 1.165) is 32.1 Å². The van der Waals surface area contributed by atoms with Gasteiger partial charge in [-0.3, -0.25) is 9.59 Å². The van der Waals surface area contributed by atoms with Crippen LogP contribution in [0.15, 0.2) is 0 Å². The van der Waals surface area contributed by atoms with E-state index in [0.29, 0.717) is 13.0 Å². The molecule has 0 saturated heterocycles. The van der Waals surface area contributed by atoms with Gasteiger partial charge in [-0.15, -0.1) is 0 Å². The standard InChI is InChI=1S/C15H29N3O2/c1-15(2,3)18-13(19)9-10-17-14(20)11-7-5-4-6-8-12(11)16/h11-12H,4-10,16H2,1-3H3,(H,17,20)(H,18,19). The average molecular weight is 283 g/mol. The number of nitrogens with two attached hydrogens (primary N) is 1. The summed E-state index contributed by atoms with van der Waals surface area (Å²) in [4.78, 5) is 23.8. The zero-order chi connectivity index (χ0) is 15.2. The van der Waals surface area contributed by atoms with E-state index < -0.39 is 0 Å². The summed E-state index contributed by atoms with van der Waals surface area (Å²) in [6, 6.07) is -0.0408. The van der Waals surface area contributed by atoms with Gasteiger partial charge in [0, 0.05) is 24.5 Å². The van der Waals surface area contributed by atoms with Gasteiger partial charge in [0.25, 0.3) is 0 Å². The Bertz CT molecular complexity index is 337. The largest absolute Gasteiger partial charge is 0.355 e. The Morgan fingerprint density at radius 1 is 1.15 bits per heavy atom. The van der Waals surface area contributed by atoms with Gasteiger partial charge in [0.15, 0.2) is 0 Å². The van der Waals surface area contributed by atoms with Crippen molar-refractivity contribution in [3.8, 4) is 0 Å². The first-order valence-corrected chi connectivity index (χ1v) is 7.64. The van der Waals surface area contributed by atoms with Crippen LogP contribution in [0.1, 0.15) is 59.3 Å². The van der Waals surface area contributed by atoms with Crippen LogP contribution in [-0.2, 0) is 9.59 Å². The molecule has 2 unspecified atom stereocenters. The molecule has 2 atom stereocenters. The topological polar surface area (TPSA) is 84.2 Å². The van der Waals surface area contributed by atoms with E-state index >= 15 is 0 Å². The van der Waals surface area contributed by atoms with E-state index in [4.69, 9.17) is 5.73 Å². The van der Waals surface area contributed by atoms with Gasteiger partial charge >= 0.3 is 0 Å². The molecule has 1 aliphatic carbocycles. The summed E-state index contributed by atoms with van der Waals surface area (Å²) in [5, 5.41) is 5.72. The molecule has 1 aliphatic rings. The van der Waals surface area contributed by atoms with Crippen LogP contribution >= 0.6 is 0 Å². The van der Waals surface area contributed by atoms with Crippen LogP contribution in [0.4, 0.5) is 0 Å². The number of rotatable bonds is 4. The Morgan fingerprint density at radius 3 is 2.45 bits per heavy atom. The van der Waals surface area contributed by atoms with E-state index in [-0.39, 0.29) is 29.3 Å². The minimum Gasteiger partial charge on any atom is -0.355 e. The molecular weight excluding hydrogens is 254 g/mol. The molecular formula is C15H29N3O2. The maximum absolute atomic E-state index is 12.1. The van der Waals surface area contributed by atoms with Gasteiger partial charge in [0.05, 0.1) is 5.92 Å². The van der Waals surface area contributed by atoms with Gasteiger partial charge in [-0.05, 0) is 33.6 Å². The van der Waals surface area contributed by atoms with E-state index in [1.807, 2.05) is 20.8 Å². The molecule has 0 spiro atoms. The van der Waals surface area contributed by atoms with Crippen molar-refractivity contribution < 1.29 is 9.59 Å². The number of hydrogen-bond donors (Lipinski definition) is 3. The SMILES string of the molecule is CC(C)(C)NC(=O)CCNC(=O)C1CCCCCC1N.